The van der Waals surface area contributed by atoms with Gasteiger partial charge in [0, 0.05) is 29.4 Å². The van der Waals surface area contributed by atoms with Gasteiger partial charge in [0.2, 0.25) is 5.91 Å². The number of benzene rings is 2. The average molecular weight is 387 g/mol. The van der Waals surface area contributed by atoms with Gasteiger partial charge in [0.05, 0.1) is 12.8 Å². The molecule has 0 atom stereocenters. The summed E-state index contributed by atoms with van der Waals surface area (Å²) >= 11 is 0. The molecule has 1 aliphatic rings. The lowest BCUT2D eigenvalue weighted by atomic mass is 10.1. The molecular formula is C24H25N3O2. The normalized spacial score (nSPS) is 14.4. The summed E-state index contributed by atoms with van der Waals surface area (Å²) in [5.74, 6) is 0.686. The lowest BCUT2D eigenvalue weighted by Gasteiger charge is -2.09. The Kier molecular flexibility index (Phi) is 5.75. The molecule has 0 radical (unpaired) electrons. The molecule has 5 nitrogen and oxygen atoms in total. The first-order valence-electron chi connectivity index (χ1n) is 10.0. The molecular weight excluding hydrogens is 362 g/mol. The van der Waals surface area contributed by atoms with Crippen LogP contribution in [0.5, 0.6) is 5.75 Å². The molecule has 1 N–H and O–H groups in total. The molecule has 0 unspecified atom stereocenters. The highest BCUT2D eigenvalue weighted by Gasteiger charge is 2.17. The Labute approximate surface area is 171 Å². The van der Waals surface area contributed by atoms with Crippen LogP contribution in [0.3, 0.4) is 0 Å². The summed E-state index contributed by atoms with van der Waals surface area (Å²) in [6.45, 7) is 0. The third-order valence-electron chi connectivity index (χ3n) is 5.24. The first-order chi connectivity index (χ1) is 14.2. The van der Waals surface area contributed by atoms with E-state index in [4.69, 9.17) is 9.84 Å². The van der Waals surface area contributed by atoms with Crippen molar-refractivity contribution in [1.82, 2.24) is 15.1 Å². The second-order valence-corrected chi connectivity index (χ2v) is 7.24. The van der Waals surface area contributed by atoms with Crippen LogP contribution >= 0.6 is 0 Å². The number of para-hydroxylation sites is 2. The second-order valence-electron chi connectivity index (χ2n) is 7.24. The Bertz CT molecular complexity index is 1000. The fraction of sp³-hybridized carbons (Fsp3) is 0.250. The number of nitrogens with one attached hydrogen (secondary N) is 1. The van der Waals surface area contributed by atoms with Gasteiger partial charge in [-0.25, -0.2) is 4.68 Å². The lowest BCUT2D eigenvalue weighted by Crippen LogP contribution is -2.30. The maximum Gasteiger partial charge on any atom is 0.244 e. The summed E-state index contributed by atoms with van der Waals surface area (Å²) < 4.78 is 7.36. The van der Waals surface area contributed by atoms with Gasteiger partial charge in [-0.2, -0.15) is 5.10 Å². The zero-order valence-electron chi connectivity index (χ0n) is 16.5. The number of hydrogen-bond donors (Lipinski definition) is 1. The molecule has 4 rings (SSSR count). The molecule has 2 aromatic carbocycles. The minimum atomic E-state index is -0.0599. The highest BCUT2D eigenvalue weighted by atomic mass is 16.5. The second kappa shape index (κ2) is 8.78. The summed E-state index contributed by atoms with van der Waals surface area (Å²) in [5.41, 5.74) is 3.48. The largest absolute Gasteiger partial charge is 0.496 e. The molecule has 148 valence electrons. The van der Waals surface area contributed by atoms with Crippen LogP contribution in [-0.4, -0.2) is 28.8 Å². The van der Waals surface area contributed by atoms with Crippen LogP contribution < -0.4 is 10.1 Å². The van der Waals surface area contributed by atoms with Crippen LogP contribution in [0.15, 0.2) is 66.9 Å². The van der Waals surface area contributed by atoms with Crippen molar-refractivity contribution in [2.24, 2.45) is 0 Å². The van der Waals surface area contributed by atoms with Crippen molar-refractivity contribution >= 4 is 12.0 Å². The predicted molar refractivity (Wildman–Crippen MR) is 115 cm³/mol. The van der Waals surface area contributed by atoms with E-state index in [1.54, 1.807) is 13.2 Å². The molecule has 1 saturated carbocycles. The lowest BCUT2D eigenvalue weighted by molar-refractivity contribution is -0.117. The molecule has 5 heteroatoms. The van der Waals surface area contributed by atoms with Crippen LogP contribution in [0, 0.1) is 0 Å². The molecule has 0 aliphatic heterocycles. The van der Waals surface area contributed by atoms with Crippen molar-refractivity contribution in [1.29, 1.82) is 0 Å². The number of aromatic nitrogens is 2. The molecule has 0 spiro atoms. The first kappa shape index (κ1) is 19.0. The summed E-state index contributed by atoms with van der Waals surface area (Å²) in [5, 5.41) is 7.89. The van der Waals surface area contributed by atoms with Gasteiger partial charge in [-0.05, 0) is 43.2 Å². The molecule has 1 aliphatic carbocycles. The summed E-state index contributed by atoms with van der Waals surface area (Å²) in [7, 11) is 1.65. The Morgan fingerprint density at radius 2 is 1.83 bits per heavy atom. The third kappa shape index (κ3) is 4.40. The van der Waals surface area contributed by atoms with E-state index in [2.05, 4.69) is 5.32 Å². The summed E-state index contributed by atoms with van der Waals surface area (Å²) in [6.07, 6.45) is 9.89. The number of carbonyl (C=O) groups excluding carboxylic acids is 1. The zero-order valence-corrected chi connectivity index (χ0v) is 16.5. The number of amides is 1. The van der Waals surface area contributed by atoms with Gasteiger partial charge in [-0.15, -0.1) is 0 Å². The Balaban J connectivity index is 1.68. The highest BCUT2D eigenvalue weighted by molar-refractivity contribution is 5.93. The van der Waals surface area contributed by atoms with Crippen LogP contribution in [0.25, 0.3) is 23.0 Å². The molecule has 1 aromatic heterocycles. The molecule has 0 saturated heterocycles. The van der Waals surface area contributed by atoms with E-state index < -0.39 is 0 Å². The van der Waals surface area contributed by atoms with E-state index in [0.717, 1.165) is 41.1 Å². The summed E-state index contributed by atoms with van der Waals surface area (Å²) in [6, 6.07) is 18.0. The number of hydrogen-bond acceptors (Lipinski definition) is 3. The quantitative estimate of drug-likeness (QED) is 0.628. The standard InChI is InChI=1S/C24H25N3O2/c1-29-22-14-8-7-13-21(22)24-18(15-16-23(28)25-19-9-5-6-10-19)17-27(26-24)20-11-3-2-4-12-20/h2-4,7-8,11-17,19H,5-6,9-10H2,1H3,(H,25,28)/b16-15+. The number of rotatable bonds is 6. The molecule has 29 heavy (non-hydrogen) atoms. The zero-order chi connectivity index (χ0) is 20.1. The van der Waals surface area contributed by atoms with Crippen molar-refractivity contribution in [2.45, 2.75) is 31.7 Å². The van der Waals surface area contributed by atoms with Crippen molar-refractivity contribution < 1.29 is 9.53 Å². The van der Waals surface area contributed by atoms with Gasteiger partial charge in [0.1, 0.15) is 11.4 Å². The fourth-order valence-corrected chi connectivity index (χ4v) is 3.76. The molecule has 0 bridgehead atoms. The number of ether oxygens (including phenoxy) is 1. The van der Waals surface area contributed by atoms with E-state index in [1.165, 1.54) is 12.8 Å². The van der Waals surface area contributed by atoms with Gasteiger partial charge in [0.25, 0.3) is 0 Å². The monoisotopic (exact) mass is 387 g/mol. The van der Waals surface area contributed by atoms with Gasteiger partial charge < -0.3 is 10.1 Å². The van der Waals surface area contributed by atoms with Crippen LogP contribution in [0.4, 0.5) is 0 Å². The predicted octanol–water partition coefficient (Wildman–Crippen LogP) is 4.62. The van der Waals surface area contributed by atoms with Gasteiger partial charge >= 0.3 is 0 Å². The van der Waals surface area contributed by atoms with Gasteiger partial charge in [-0.3, -0.25) is 4.79 Å². The SMILES string of the molecule is COc1ccccc1-c1nn(-c2ccccc2)cc1/C=C/C(=O)NC1CCCC1. The van der Waals surface area contributed by atoms with Gasteiger partial charge in [-0.1, -0.05) is 43.2 Å². The fourth-order valence-electron chi connectivity index (χ4n) is 3.76. The van der Waals surface area contributed by atoms with Crippen molar-refractivity contribution in [3.05, 3.63) is 72.4 Å². The number of carbonyl (C=O) groups is 1. The van der Waals surface area contributed by atoms with Crippen molar-refractivity contribution in [3.63, 3.8) is 0 Å². The van der Waals surface area contributed by atoms with Crippen molar-refractivity contribution in [2.75, 3.05) is 7.11 Å². The molecule has 1 fully saturated rings. The molecule has 1 heterocycles. The summed E-state index contributed by atoms with van der Waals surface area (Å²) in [4.78, 5) is 12.4. The van der Waals surface area contributed by atoms with Crippen LogP contribution in [-0.2, 0) is 4.79 Å². The minimum absolute atomic E-state index is 0.0599. The van der Waals surface area contributed by atoms with E-state index in [-0.39, 0.29) is 5.91 Å². The van der Waals surface area contributed by atoms with E-state index >= 15 is 0 Å². The van der Waals surface area contributed by atoms with E-state index in [1.807, 2.05) is 71.6 Å². The smallest absolute Gasteiger partial charge is 0.244 e. The van der Waals surface area contributed by atoms with Gasteiger partial charge in [0.15, 0.2) is 0 Å². The van der Waals surface area contributed by atoms with E-state index in [0.29, 0.717) is 6.04 Å². The van der Waals surface area contributed by atoms with Crippen LogP contribution in [0.1, 0.15) is 31.2 Å². The number of nitrogens with zero attached hydrogens (tertiary/aromatic N) is 2. The maximum absolute atomic E-state index is 12.4. The topological polar surface area (TPSA) is 56.2 Å². The van der Waals surface area contributed by atoms with E-state index in [9.17, 15) is 4.79 Å². The first-order valence-corrected chi connectivity index (χ1v) is 10.0. The van der Waals surface area contributed by atoms with Crippen molar-refractivity contribution in [3.8, 4) is 22.7 Å². The Morgan fingerprint density at radius 3 is 2.59 bits per heavy atom. The Hall–Kier alpha value is -3.34. The third-order valence-corrected chi connectivity index (χ3v) is 5.24. The van der Waals surface area contributed by atoms with Crippen LogP contribution in [0.2, 0.25) is 0 Å². The number of methoxy groups -OCH3 is 1. The maximum atomic E-state index is 12.4. The molecule has 1 amide bonds. The Morgan fingerprint density at radius 1 is 1.10 bits per heavy atom. The minimum Gasteiger partial charge on any atom is -0.496 e. The molecule has 3 aromatic rings. The average Bonchev–Trinajstić information content (AvgIpc) is 3.43. The highest BCUT2D eigenvalue weighted by Crippen LogP contribution is 2.32.